The van der Waals surface area contributed by atoms with Gasteiger partial charge in [-0.05, 0) is 11.5 Å². The Balaban J connectivity index is 1.69. The van der Waals surface area contributed by atoms with Crippen molar-refractivity contribution in [1.29, 1.82) is 0 Å². The van der Waals surface area contributed by atoms with Gasteiger partial charge in [0.05, 0.1) is 12.1 Å². The quantitative estimate of drug-likeness (QED) is 0.681. The van der Waals surface area contributed by atoms with Crippen molar-refractivity contribution in [2.24, 2.45) is 5.16 Å². The maximum absolute atomic E-state index is 11.8. The smallest absolute Gasteiger partial charge is 0.426 e. The minimum absolute atomic E-state index is 0.248. The van der Waals surface area contributed by atoms with Gasteiger partial charge in [0, 0.05) is 18.0 Å². The number of benzene rings is 1. The predicted octanol–water partition coefficient (Wildman–Crippen LogP) is -0.144. The fraction of sp³-hybridized carbons (Fsp3) is 0.214. The third kappa shape index (κ3) is 3.08. The lowest BCUT2D eigenvalue weighted by Crippen LogP contribution is -2.41. The summed E-state index contributed by atoms with van der Waals surface area (Å²) in [5, 5.41) is 25.8. The van der Waals surface area contributed by atoms with E-state index in [9.17, 15) is 4.79 Å². The van der Waals surface area contributed by atoms with Gasteiger partial charge in [-0.15, -0.1) is 0 Å². The van der Waals surface area contributed by atoms with Crippen molar-refractivity contribution in [2.75, 3.05) is 6.44 Å². The topological polar surface area (TPSA) is 104 Å². The number of hydrogen-bond acceptors (Lipinski definition) is 6. The number of fused-ring (bicyclic) bond motifs is 1. The number of nitrogens with zero attached hydrogens (tertiary/aromatic N) is 2. The molecule has 1 aliphatic rings. The predicted molar refractivity (Wildman–Crippen MR) is 81.0 cm³/mol. The summed E-state index contributed by atoms with van der Waals surface area (Å²) in [5.41, 5.74) is 1.26. The van der Waals surface area contributed by atoms with Crippen LogP contribution < -0.4 is 5.32 Å². The molecule has 0 saturated heterocycles. The summed E-state index contributed by atoms with van der Waals surface area (Å²) in [6.07, 6.45) is 1.02. The van der Waals surface area contributed by atoms with Crippen molar-refractivity contribution in [3.05, 3.63) is 42.2 Å². The van der Waals surface area contributed by atoms with Crippen LogP contribution in [0.25, 0.3) is 10.8 Å². The number of amides is 1. The highest BCUT2D eigenvalue weighted by atomic mass is 16.6. The van der Waals surface area contributed by atoms with Gasteiger partial charge in [-0.3, -0.25) is 9.78 Å². The molecule has 8 heteroatoms. The average molecular weight is 299 g/mol. The number of pyridine rings is 1. The van der Waals surface area contributed by atoms with Crippen LogP contribution in [0.15, 0.2) is 41.7 Å². The van der Waals surface area contributed by atoms with Crippen LogP contribution in [0.4, 0.5) is 0 Å². The van der Waals surface area contributed by atoms with Crippen LogP contribution in [-0.4, -0.2) is 46.3 Å². The monoisotopic (exact) mass is 299 g/mol. The highest BCUT2D eigenvalue weighted by Crippen LogP contribution is 2.19. The Bertz CT molecular complexity index is 735. The average Bonchev–Trinajstić information content (AvgIpc) is 3.02. The molecule has 1 aromatic carbocycles. The number of oxime groups is 1. The SMILES string of the molecule is O=C(NCB(O)O)C1CC(c2cc3ccccc3cn2)=NO1. The van der Waals surface area contributed by atoms with Crippen LogP contribution in [0.3, 0.4) is 0 Å². The number of aromatic nitrogens is 1. The van der Waals surface area contributed by atoms with Crippen molar-refractivity contribution < 1.29 is 19.7 Å². The van der Waals surface area contributed by atoms with Crippen molar-refractivity contribution in [3.8, 4) is 0 Å². The summed E-state index contributed by atoms with van der Waals surface area (Å²) in [4.78, 5) is 21.2. The van der Waals surface area contributed by atoms with E-state index < -0.39 is 19.1 Å². The fourth-order valence-electron chi connectivity index (χ4n) is 2.22. The van der Waals surface area contributed by atoms with Gasteiger partial charge < -0.3 is 20.2 Å². The Hall–Kier alpha value is -2.45. The summed E-state index contributed by atoms with van der Waals surface area (Å²) in [6, 6.07) is 9.72. The molecule has 112 valence electrons. The van der Waals surface area contributed by atoms with Crippen molar-refractivity contribution >= 4 is 29.5 Å². The third-order valence-electron chi connectivity index (χ3n) is 3.35. The molecule has 0 spiro atoms. The fourth-order valence-corrected chi connectivity index (χ4v) is 2.22. The molecule has 0 bridgehead atoms. The zero-order valence-corrected chi connectivity index (χ0v) is 11.6. The van der Waals surface area contributed by atoms with Gasteiger partial charge in [0.2, 0.25) is 6.10 Å². The first-order chi connectivity index (χ1) is 10.6. The molecule has 1 aliphatic heterocycles. The van der Waals surface area contributed by atoms with Gasteiger partial charge >= 0.3 is 7.12 Å². The van der Waals surface area contributed by atoms with Gasteiger partial charge in [0.1, 0.15) is 5.71 Å². The highest BCUT2D eigenvalue weighted by molar-refractivity contribution is 6.41. The molecule has 0 saturated carbocycles. The van der Waals surface area contributed by atoms with Crippen LogP contribution >= 0.6 is 0 Å². The molecule has 2 aromatic rings. The zero-order valence-electron chi connectivity index (χ0n) is 11.6. The molecule has 0 fully saturated rings. The van der Waals surface area contributed by atoms with E-state index in [-0.39, 0.29) is 6.44 Å². The Morgan fingerprint density at radius 3 is 2.91 bits per heavy atom. The normalized spacial score (nSPS) is 17.0. The van der Waals surface area contributed by atoms with E-state index in [1.165, 1.54) is 0 Å². The Kier molecular flexibility index (Phi) is 4.03. The minimum atomic E-state index is -1.59. The van der Waals surface area contributed by atoms with Gasteiger partial charge in [0.15, 0.2) is 0 Å². The first kappa shape index (κ1) is 14.5. The summed E-state index contributed by atoms with van der Waals surface area (Å²) in [6.45, 7) is 0. The number of nitrogens with one attached hydrogen (secondary N) is 1. The van der Waals surface area contributed by atoms with Gasteiger partial charge in [-0.1, -0.05) is 29.4 Å². The molecule has 1 aromatic heterocycles. The highest BCUT2D eigenvalue weighted by Gasteiger charge is 2.29. The van der Waals surface area contributed by atoms with Crippen molar-refractivity contribution in [1.82, 2.24) is 10.3 Å². The molecular weight excluding hydrogens is 285 g/mol. The minimum Gasteiger partial charge on any atom is -0.426 e. The standard InChI is InChI=1S/C14H14BN3O4/c19-14(17-8-15(20)21)13-6-12(18-22-13)11-5-9-3-1-2-4-10(9)7-16-11/h1-5,7,13,20-21H,6,8H2,(H,17,19). The molecular formula is C14H14BN3O4. The number of rotatable bonds is 4. The molecule has 3 rings (SSSR count). The summed E-state index contributed by atoms with van der Waals surface area (Å²) < 4.78 is 0. The van der Waals surface area contributed by atoms with E-state index in [1.54, 1.807) is 6.20 Å². The number of carbonyl (C=O) groups is 1. The van der Waals surface area contributed by atoms with E-state index in [1.807, 2.05) is 30.3 Å². The van der Waals surface area contributed by atoms with Crippen LogP contribution in [0, 0.1) is 0 Å². The molecule has 2 heterocycles. The van der Waals surface area contributed by atoms with E-state index in [2.05, 4.69) is 15.5 Å². The molecule has 1 amide bonds. The third-order valence-corrected chi connectivity index (χ3v) is 3.35. The van der Waals surface area contributed by atoms with Gasteiger partial charge in [-0.25, -0.2) is 0 Å². The Labute approximate surface area is 126 Å². The molecule has 0 aliphatic carbocycles. The molecule has 7 nitrogen and oxygen atoms in total. The maximum Gasteiger partial charge on any atom is 0.472 e. The second kappa shape index (κ2) is 6.12. The molecule has 1 atom stereocenters. The largest absolute Gasteiger partial charge is 0.472 e. The lowest BCUT2D eigenvalue weighted by molar-refractivity contribution is -0.130. The van der Waals surface area contributed by atoms with Crippen LogP contribution in [-0.2, 0) is 9.63 Å². The first-order valence-electron chi connectivity index (χ1n) is 6.85. The molecule has 0 radical (unpaired) electrons. The second-order valence-electron chi connectivity index (χ2n) is 4.98. The maximum atomic E-state index is 11.8. The first-order valence-corrected chi connectivity index (χ1v) is 6.85. The van der Waals surface area contributed by atoms with E-state index in [0.29, 0.717) is 17.8 Å². The summed E-state index contributed by atoms with van der Waals surface area (Å²) in [5.74, 6) is -0.437. The lowest BCUT2D eigenvalue weighted by Gasteiger charge is -2.08. The summed E-state index contributed by atoms with van der Waals surface area (Å²) in [7, 11) is -1.59. The van der Waals surface area contributed by atoms with E-state index in [4.69, 9.17) is 14.9 Å². The van der Waals surface area contributed by atoms with Gasteiger partial charge in [-0.2, -0.15) is 0 Å². The van der Waals surface area contributed by atoms with Crippen LogP contribution in [0.1, 0.15) is 12.1 Å². The zero-order chi connectivity index (χ0) is 15.5. The molecule has 22 heavy (non-hydrogen) atoms. The van der Waals surface area contributed by atoms with Gasteiger partial charge in [0.25, 0.3) is 5.91 Å². The molecule has 3 N–H and O–H groups in total. The Morgan fingerprint density at radius 2 is 2.14 bits per heavy atom. The second-order valence-corrected chi connectivity index (χ2v) is 4.98. The lowest BCUT2D eigenvalue weighted by atomic mass is 9.92. The Morgan fingerprint density at radius 1 is 1.36 bits per heavy atom. The van der Waals surface area contributed by atoms with E-state index in [0.717, 1.165) is 10.8 Å². The van der Waals surface area contributed by atoms with Crippen molar-refractivity contribution in [2.45, 2.75) is 12.5 Å². The van der Waals surface area contributed by atoms with Crippen LogP contribution in [0.5, 0.6) is 0 Å². The number of carbonyl (C=O) groups excluding carboxylic acids is 1. The van der Waals surface area contributed by atoms with Crippen LogP contribution in [0.2, 0.25) is 0 Å². The summed E-state index contributed by atoms with van der Waals surface area (Å²) >= 11 is 0. The molecule has 1 unspecified atom stereocenters. The number of hydrogen-bond donors (Lipinski definition) is 3. The van der Waals surface area contributed by atoms with E-state index >= 15 is 0 Å². The van der Waals surface area contributed by atoms with Crippen molar-refractivity contribution in [3.63, 3.8) is 0 Å².